The van der Waals surface area contributed by atoms with E-state index in [9.17, 15) is 5.11 Å². The molecular formula is C13H23NO3. The zero-order valence-electron chi connectivity index (χ0n) is 11.1. The second-order valence-corrected chi connectivity index (χ2v) is 4.61. The minimum Gasteiger partial charge on any atom is -0.465 e. The van der Waals surface area contributed by atoms with E-state index in [-0.39, 0.29) is 12.1 Å². The number of ether oxygens (including phenoxy) is 1. The van der Waals surface area contributed by atoms with E-state index in [0.29, 0.717) is 13.2 Å². The summed E-state index contributed by atoms with van der Waals surface area (Å²) in [6.07, 6.45) is -0.342. The lowest BCUT2D eigenvalue weighted by Gasteiger charge is -2.17. The molecule has 2 atom stereocenters. The molecule has 0 aliphatic heterocycles. The quantitative estimate of drug-likeness (QED) is 0.767. The van der Waals surface area contributed by atoms with Gasteiger partial charge in [-0.2, -0.15) is 0 Å². The van der Waals surface area contributed by atoms with E-state index in [4.69, 9.17) is 9.15 Å². The van der Waals surface area contributed by atoms with Crippen LogP contribution in [0.5, 0.6) is 0 Å². The summed E-state index contributed by atoms with van der Waals surface area (Å²) in [5.74, 6) is 1.79. The van der Waals surface area contributed by atoms with Crippen molar-refractivity contribution in [3.63, 3.8) is 0 Å². The van der Waals surface area contributed by atoms with Gasteiger partial charge in [-0.05, 0) is 39.8 Å². The molecule has 17 heavy (non-hydrogen) atoms. The maximum atomic E-state index is 9.68. The molecule has 1 aromatic heterocycles. The van der Waals surface area contributed by atoms with E-state index in [1.165, 1.54) is 0 Å². The van der Waals surface area contributed by atoms with Crippen molar-refractivity contribution in [2.45, 2.75) is 45.9 Å². The van der Waals surface area contributed by atoms with E-state index in [1.807, 2.05) is 39.8 Å². The Labute approximate surface area is 103 Å². The first-order valence-corrected chi connectivity index (χ1v) is 6.08. The van der Waals surface area contributed by atoms with Crippen molar-refractivity contribution in [3.05, 3.63) is 23.7 Å². The van der Waals surface area contributed by atoms with Gasteiger partial charge in [-0.15, -0.1) is 0 Å². The molecule has 0 bridgehead atoms. The van der Waals surface area contributed by atoms with Crippen molar-refractivity contribution in [1.82, 2.24) is 5.32 Å². The summed E-state index contributed by atoms with van der Waals surface area (Å²) in [5, 5.41) is 12.9. The van der Waals surface area contributed by atoms with Crippen LogP contribution in [0.4, 0.5) is 0 Å². The highest BCUT2D eigenvalue weighted by atomic mass is 16.5. The first kappa shape index (κ1) is 14.2. The molecule has 0 fully saturated rings. The fourth-order valence-corrected chi connectivity index (χ4v) is 1.46. The van der Waals surface area contributed by atoms with Crippen molar-refractivity contribution in [3.8, 4) is 0 Å². The van der Waals surface area contributed by atoms with E-state index >= 15 is 0 Å². The zero-order valence-corrected chi connectivity index (χ0v) is 11.1. The van der Waals surface area contributed by atoms with Crippen LogP contribution in [0.15, 0.2) is 16.5 Å². The van der Waals surface area contributed by atoms with Gasteiger partial charge in [0.05, 0.1) is 24.9 Å². The monoisotopic (exact) mass is 241 g/mol. The molecule has 0 radical (unpaired) electrons. The van der Waals surface area contributed by atoms with Crippen molar-refractivity contribution in [2.75, 3.05) is 13.2 Å². The van der Waals surface area contributed by atoms with Crippen molar-refractivity contribution in [1.29, 1.82) is 0 Å². The van der Waals surface area contributed by atoms with E-state index in [1.54, 1.807) is 0 Å². The molecule has 0 saturated carbocycles. The summed E-state index contributed by atoms with van der Waals surface area (Å²) in [7, 11) is 0. The topological polar surface area (TPSA) is 54.6 Å². The van der Waals surface area contributed by atoms with Gasteiger partial charge in [0.15, 0.2) is 0 Å². The normalized spacial score (nSPS) is 15.2. The summed E-state index contributed by atoms with van der Waals surface area (Å²) >= 11 is 0. The molecule has 1 heterocycles. The SMILES string of the molecule is Cc1ccc(C(C)NCC(O)COC(C)C)o1. The molecule has 1 aromatic rings. The molecule has 2 N–H and O–H groups in total. The Morgan fingerprint density at radius 1 is 1.35 bits per heavy atom. The first-order valence-electron chi connectivity index (χ1n) is 6.08. The molecule has 1 rings (SSSR count). The molecule has 0 saturated heterocycles. The van der Waals surface area contributed by atoms with E-state index < -0.39 is 6.10 Å². The molecule has 0 aliphatic rings. The average Bonchev–Trinajstić information content (AvgIpc) is 2.70. The Morgan fingerprint density at radius 3 is 2.59 bits per heavy atom. The van der Waals surface area contributed by atoms with Gasteiger partial charge in [0.2, 0.25) is 0 Å². The molecule has 0 aliphatic carbocycles. The molecule has 0 spiro atoms. The van der Waals surface area contributed by atoms with Gasteiger partial charge in [0, 0.05) is 6.54 Å². The molecule has 4 nitrogen and oxygen atoms in total. The zero-order chi connectivity index (χ0) is 12.8. The Hall–Kier alpha value is -0.840. The van der Waals surface area contributed by atoms with Crippen LogP contribution in [0, 0.1) is 6.92 Å². The van der Waals surface area contributed by atoms with Gasteiger partial charge < -0.3 is 19.6 Å². The Balaban J connectivity index is 2.25. The molecule has 4 heteroatoms. The number of hydrogen-bond donors (Lipinski definition) is 2. The Morgan fingerprint density at radius 2 is 2.06 bits per heavy atom. The van der Waals surface area contributed by atoms with E-state index in [0.717, 1.165) is 11.5 Å². The summed E-state index contributed by atoms with van der Waals surface area (Å²) in [5.41, 5.74) is 0. The minimum atomic E-state index is -0.490. The van der Waals surface area contributed by atoms with Crippen LogP contribution < -0.4 is 5.32 Å². The second kappa shape index (κ2) is 6.79. The average molecular weight is 241 g/mol. The lowest BCUT2D eigenvalue weighted by atomic mass is 10.2. The third-order valence-electron chi connectivity index (χ3n) is 2.47. The number of rotatable bonds is 7. The molecule has 2 unspecified atom stereocenters. The molecular weight excluding hydrogens is 218 g/mol. The minimum absolute atomic E-state index is 0.0948. The highest BCUT2D eigenvalue weighted by Gasteiger charge is 2.11. The number of aliphatic hydroxyl groups is 1. The number of aliphatic hydroxyl groups excluding tert-OH is 1. The van der Waals surface area contributed by atoms with Crippen molar-refractivity contribution < 1.29 is 14.3 Å². The summed E-state index contributed by atoms with van der Waals surface area (Å²) in [4.78, 5) is 0. The smallest absolute Gasteiger partial charge is 0.120 e. The molecule has 0 amide bonds. The summed E-state index contributed by atoms with van der Waals surface area (Å²) in [6, 6.07) is 3.98. The van der Waals surface area contributed by atoms with Gasteiger partial charge in [-0.25, -0.2) is 0 Å². The highest BCUT2D eigenvalue weighted by molar-refractivity contribution is 5.08. The van der Waals surface area contributed by atoms with Crippen LogP contribution >= 0.6 is 0 Å². The third kappa shape index (κ3) is 5.35. The van der Waals surface area contributed by atoms with Crippen LogP contribution in [-0.4, -0.2) is 30.5 Å². The largest absolute Gasteiger partial charge is 0.465 e. The fraction of sp³-hybridized carbons (Fsp3) is 0.692. The summed E-state index contributed by atoms with van der Waals surface area (Å²) < 4.78 is 10.8. The predicted octanol–water partition coefficient (Wildman–Crippen LogP) is 2.02. The van der Waals surface area contributed by atoms with Gasteiger partial charge in [-0.3, -0.25) is 0 Å². The van der Waals surface area contributed by atoms with Crippen LogP contribution in [0.3, 0.4) is 0 Å². The lowest BCUT2D eigenvalue weighted by molar-refractivity contribution is 0.00539. The van der Waals surface area contributed by atoms with Crippen LogP contribution in [0.2, 0.25) is 0 Å². The Bertz CT molecular complexity index is 322. The number of aryl methyl sites for hydroxylation is 1. The highest BCUT2D eigenvalue weighted by Crippen LogP contribution is 2.15. The standard InChI is InChI=1S/C13H23NO3/c1-9(2)16-8-12(15)7-14-11(4)13-6-5-10(3)17-13/h5-6,9,11-12,14-15H,7-8H2,1-4H3. The van der Waals surface area contributed by atoms with Gasteiger partial charge in [0.1, 0.15) is 11.5 Å². The van der Waals surface area contributed by atoms with Gasteiger partial charge >= 0.3 is 0 Å². The van der Waals surface area contributed by atoms with Crippen LogP contribution in [0.25, 0.3) is 0 Å². The molecule has 98 valence electrons. The third-order valence-corrected chi connectivity index (χ3v) is 2.47. The van der Waals surface area contributed by atoms with Gasteiger partial charge in [0.25, 0.3) is 0 Å². The maximum absolute atomic E-state index is 9.68. The maximum Gasteiger partial charge on any atom is 0.120 e. The molecule has 0 aromatic carbocycles. The fourth-order valence-electron chi connectivity index (χ4n) is 1.46. The Kier molecular flexibility index (Phi) is 5.68. The van der Waals surface area contributed by atoms with Crippen molar-refractivity contribution in [2.24, 2.45) is 0 Å². The first-order chi connectivity index (χ1) is 7.99. The van der Waals surface area contributed by atoms with E-state index in [2.05, 4.69) is 5.32 Å². The lowest BCUT2D eigenvalue weighted by Crippen LogP contribution is -2.32. The number of furan rings is 1. The van der Waals surface area contributed by atoms with Crippen LogP contribution in [-0.2, 0) is 4.74 Å². The number of nitrogens with one attached hydrogen (secondary N) is 1. The van der Waals surface area contributed by atoms with Crippen LogP contribution in [0.1, 0.15) is 38.3 Å². The predicted molar refractivity (Wildman–Crippen MR) is 67.0 cm³/mol. The number of hydrogen-bond acceptors (Lipinski definition) is 4. The van der Waals surface area contributed by atoms with Crippen molar-refractivity contribution >= 4 is 0 Å². The second-order valence-electron chi connectivity index (χ2n) is 4.61. The summed E-state index contributed by atoms with van der Waals surface area (Å²) in [6.45, 7) is 8.68. The van der Waals surface area contributed by atoms with Gasteiger partial charge in [-0.1, -0.05) is 0 Å².